The molecule has 0 amide bonds. The van der Waals surface area contributed by atoms with Crippen molar-refractivity contribution in [2.45, 2.75) is 38.9 Å². The summed E-state index contributed by atoms with van der Waals surface area (Å²) in [6.07, 6.45) is 0. The van der Waals surface area contributed by atoms with Gasteiger partial charge in [0.1, 0.15) is 0 Å². The molecule has 0 saturated carbocycles. The van der Waals surface area contributed by atoms with Crippen molar-refractivity contribution in [1.82, 2.24) is 0 Å². The van der Waals surface area contributed by atoms with E-state index in [-0.39, 0.29) is 12.4 Å². The number of hydrogen-bond acceptors (Lipinski definition) is 0. The van der Waals surface area contributed by atoms with Crippen LogP contribution in [-0.4, -0.2) is 8.07 Å². The Kier molecular flexibility index (Phi) is 10.9. The van der Waals surface area contributed by atoms with E-state index in [4.69, 9.17) is 0 Å². The summed E-state index contributed by atoms with van der Waals surface area (Å²) < 4.78 is 3.21. The fourth-order valence-corrected chi connectivity index (χ4v) is 5.94. The Bertz CT molecular complexity index is 136. The maximum absolute atomic E-state index is 3.50. The quantitative estimate of drug-likeness (QED) is 0.555. The second-order valence-electron chi connectivity index (χ2n) is 2.59. The molecule has 11 heavy (non-hydrogen) atoms. The van der Waals surface area contributed by atoms with Crippen LogP contribution in [0.4, 0.5) is 0 Å². The molecule has 0 N–H and O–H groups in total. The van der Waals surface area contributed by atoms with Crippen LogP contribution in [0.2, 0.25) is 18.1 Å². The van der Waals surface area contributed by atoms with E-state index in [0.717, 1.165) is 39.6 Å². The molecular formula is C8H16CeClSi. The van der Waals surface area contributed by atoms with Crippen LogP contribution in [-0.2, 0) is 0 Å². The Labute approximate surface area is 105 Å². The molecule has 0 aliphatic carbocycles. The molecule has 0 aromatic heterocycles. The zero-order valence-electron chi connectivity index (χ0n) is 7.53. The van der Waals surface area contributed by atoms with E-state index in [1.54, 1.807) is 0 Å². The summed E-state index contributed by atoms with van der Waals surface area (Å²) in [5.41, 5.74) is 3.50. The van der Waals surface area contributed by atoms with Crippen LogP contribution in [0.25, 0.3) is 0 Å². The van der Waals surface area contributed by atoms with Crippen LogP contribution in [0.5, 0.6) is 0 Å². The Hall–Kier alpha value is 1.44. The smallest absolute Gasteiger partial charge is 0.147 e. The molecule has 0 rings (SSSR count). The summed E-state index contributed by atoms with van der Waals surface area (Å²) in [5, 5.41) is 0. The Morgan fingerprint density at radius 3 is 1.55 bits per heavy atom. The van der Waals surface area contributed by atoms with E-state index in [2.05, 4.69) is 27.8 Å². The van der Waals surface area contributed by atoms with Crippen molar-refractivity contribution in [1.29, 1.82) is 0 Å². The van der Waals surface area contributed by atoms with Gasteiger partial charge in [-0.1, -0.05) is 0 Å². The van der Waals surface area contributed by atoms with Gasteiger partial charge in [-0.25, -0.2) is 0 Å². The minimum Gasteiger partial charge on any atom is -0.147 e. The van der Waals surface area contributed by atoms with Gasteiger partial charge in [-0.2, -0.15) is 0 Å². The van der Waals surface area contributed by atoms with Crippen molar-refractivity contribution in [3.8, 4) is 6.98 Å². The van der Waals surface area contributed by atoms with Crippen molar-refractivity contribution in [2.24, 2.45) is 0 Å². The molecule has 0 unspecified atom stereocenters. The summed E-state index contributed by atoms with van der Waals surface area (Å²) >= 11 is 1.06. The number of rotatable bonds is 3. The van der Waals surface area contributed by atoms with Gasteiger partial charge in [0.2, 0.25) is 0 Å². The Morgan fingerprint density at radius 2 is 1.45 bits per heavy atom. The van der Waals surface area contributed by atoms with Crippen molar-refractivity contribution >= 4 is 20.5 Å². The normalized spacial score (nSPS) is 9.27. The SMILES string of the molecule is CC[Si](C#[C][Ce])(CC)CC.Cl. The van der Waals surface area contributed by atoms with Crippen LogP contribution in [0.15, 0.2) is 0 Å². The molecule has 0 fully saturated rings. The zero-order valence-corrected chi connectivity index (χ0v) is 12.5. The summed E-state index contributed by atoms with van der Waals surface area (Å²) in [4.78, 5) is 0. The average Bonchev–Trinajstić information content (AvgIpc) is 2.01. The molecule has 0 aliphatic heterocycles. The van der Waals surface area contributed by atoms with E-state index >= 15 is 0 Å². The monoisotopic (exact) mass is 315 g/mol. The maximum Gasteiger partial charge on any atom is -0.147 e. The van der Waals surface area contributed by atoms with Gasteiger partial charge < -0.3 is 0 Å². The van der Waals surface area contributed by atoms with Crippen molar-refractivity contribution in [3.63, 3.8) is 0 Å². The summed E-state index contributed by atoms with van der Waals surface area (Å²) in [6, 6.07) is 4.03. The summed E-state index contributed by atoms with van der Waals surface area (Å²) in [7, 11) is -1.04. The molecule has 0 aromatic carbocycles. The topological polar surface area (TPSA) is 0 Å². The third kappa shape index (κ3) is 4.89. The van der Waals surface area contributed by atoms with Gasteiger partial charge in [0.15, 0.2) is 0 Å². The van der Waals surface area contributed by atoms with Crippen LogP contribution in [0.1, 0.15) is 20.8 Å². The predicted molar refractivity (Wildman–Crippen MR) is 52.2 cm³/mol. The standard InChI is InChI=1S/C8H15Si.Ce.ClH/c1-5-9(6-2,7-3)8-4;;/h5-7H2,1-3H3;;1H. The fraction of sp³-hybridized carbons (Fsp3) is 0.750. The largest absolute Gasteiger partial charge is 0.147 e. The molecule has 63 valence electrons. The Morgan fingerprint density at radius 1 is 1.09 bits per heavy atom. The molecule has 0 atom stereocenters. The molecule has 0 aromatic rings. The van der Waals surface area contributed by atoms with Gasteiger partial charge in [0.05, 0.1) is 0 Å². The fourth-order valence-electron chi connectivity index (χ4n) is 1.15. The molecule has 0 aliphatic rings. The van der Waals surface area contributed by atoms with E-state index in [1.807, 2.05) is 0 Å². The zero-order chi connectivity index (χ0) is 8.04. The Balaban J connectivity index is 0. The van der Waals surface area contributed by atoms with E-state index in [1.165, 1.54) is 18.1 Å². The third-order valence-corrected chi connectivity index (χ3v) is 8.25. The van der Waals surface area contributed by atoms with Crippen LogP contribution < -0.4 is 0 Å². The van der Waals surface area contributed by atoms with Gasteiger partial charge >= 0.3 is 93.6 Å². The first-order valence-electron chi connectivity index (χ1n) is 3.93. The van der Waals surface area contributed by atoms with Gasteiger partial charge in [-0.15, -0.1) is 12.4 Å². The molecule has 3 heteroatoms. The minimum atomic E-state index is -1.04. The first-order valence-corrected chi connectivity index (χ1v) is 8.12. The second kappa shape index (κ2) is 8.06. The van der Waals surface area contributed by atoms with Crippen LogP contribution in [0.3, 0.4) is 0 Å². The molecule has 0 bridgehead atoms. The van der Waals surface area contributed by atoms with E-state index in [9.17, 15) is 0 Å². The molecule has 0 heterocycles. The summed E-state index contributed by atoms with van der Waals surface area (Å²) in [6.45, 7) is 6.89. The molecule has 0 radical (unpaired) electrons. The van der Waals surface area contributed by atoms with E-state index in [0.29, 0.717) is 0 Å². The minimum absolute atomic E-state index is 0. The van der Waals surface area contributed by atoms with Crippen LogP contribution in [0, 0.1) is 46.6 Å². The molecule has 0 nitrogen and oxygen atoms in total. The van der Waals surface area contributed by atoms with Gasteiger partial charge in [-0.3, -0.25) is 0 Å². The van der Waals surface area contributed by atoms with Crippen molar-refractivity contribution in [3.05, 3.63) is 0 Å². The number of halogens is 1. The average molecular weight is 316 g/mol. The molecular weight excluding hydrogens is 300 g/mol. The molecule has 0 spiro atoms. The first kappa shape index (κ1) is 14.9. The predicted octanol–water partition coefficient (Wildman–Crippen LogP) is 2.97. The van der Waals surface area contributed by atoms with Crippen LogP contribution >= 0.6 is 12.4 Å². The van der Waals surface area contributed by atoms with Gasteiger partial charge in [0, 0.05) is 0 Å². The molecule has 0 saturated heterocycles. The second-order valence-corrected chi connectivity index (χ2v) is 8.31. The van der Waals surface area contributed by atoms with Crippen molar-refractivity contribution < 1.29 is 39.6 Å². The summed E-state index contributed by atoms with van der Waals surface area (Å²) in [5.74, 6) is 0. The van der Waals surface area contributed by atoms with E-state index < -0.39 is 8.07 Å². The third-order valence-electron chi connectivity index (χ3n) is 2.36. The first-order chi connectivity index (χ1) is 4.74. The maximum atomic E-state index is 3.50. The number of hydrogen-bond donors (Lipinski definition) is 0. The van der Waals surface area contributed by atoms with Gasteiger partial charge in [0.25, 0.3) is 0 Å². The van der Waals surface area contributed by atoms with Crippen molar-refractivity contribution in [2.75, 3.05) is 0 Å². The van der Waals surface area contributed by atoms with Gasteiger partial charge in [-0.05, 0) is 0 Å².